The second-order valence-corrected chi connectivity index (χ2v) is 17.8. The van der Waals surface area contributed by atoms with Gasteiger partial charge in [-0.2, -0.15) is 40.6 Å². The number of nitrogens with zero attached hydrogens (tertiary/aromatic N) is 7. The quantitative estimate of drug-likeness (QED) is 0.0125. The number of nitro benzene ring substituents is 1. The zero-order chi connectivity index (χ0) is 47.6. The molecule has 0 aliphatic rings. The smallest absolute Gasteiger partial charge is 0.296 e. The Hall–Kier alpha value is -6.63. The normalized spacial score (nSPS) is 12.2. The molecule has 9 N–H and O–H groups in total. The second-order valence-electron chi connectivity index (χ2n) is 13.7. The average Bonchev–Trinajstić information content (AvgIpc) is 3.25. The van der Waals surface area contributed by atoms with Gasteiger partial charge in [0.1, 0.15) is 37.5 Å². The predicted molar refractivity (Wildman–Crippen MR) is 245 cm³/mol. The standard InChI is InChI=1S/C40H30N10O13S3.K/c41-37-36-22(18-34(65(58,59)60)38(37)48-45-26-10-14-29(15-11-26)50(53)54)19-35(66(61,62)63)39(40(36)52)49-46-28-13-17-31(33(21-28)64(55,56)57)43-24-6-8-25(9-7-24)44-47-30-16-12-27(20-32(30)51)42-23-4-2-1-3-5-23;/h1-21,42-43,51-52H,41H2,(H,55,56,57)(H,58,59,60)(H,61,62,63);. The van der Waals surface area contributed by atoms with Crippen molar-refractivity contribution in [2.24, 2.45) is 30.7 Å². The molecular formula is C40H30KN10O13S3. The Bertz CT molecular complexity index is 3510. The van der Waals surface area contributed by atoms with E-state index < -0.39 is 83.5 Å². The van der Waals surface area contributed by atoms with Crippen LogP contribution in [0.4, 0.5) is 68.2 Å². The molecule has 7 aromatic rings. The molecule has 0 spiro atoms. The van der Waals surface area contributed by atoms with Gasteiger partial charge in [0.2, 0.25) is 0 Å². The number of aromatic hydroxyl groups is 2. The number of nitrogens with two attached hydrogens (primary N) is 1. The second kappa shape index (κ2) is 20.1. The number of phenols is 2. The first-order valence-corrected chi connectivity index (χ1v) is 22.7. The Labute approximate surface area is 421 Å². The molecule has 0 amide bonds. The molecule has 0 aromatic heterocycles. The minimum absolute atomic E-state index is 0. The molecule has 67 heavy (non-hydrogen) atoms. The van der Waals surface area contributed by atoms with Crippen molar-refractivity contribution in [2.75, 3.05) is 16.4 Å². The van der Waals surface area contributed by atoms with Gasteiger partial charge in [-0.05, 0) is 96.4 Å². The summed E-state index contributed by atoms with van der Waals surface area (Å²) < 4.78 is 105. The van der Waals surface area contributed by atoms with Crippen molar-refractivity contribution in [1.29, 1.82) is 0 Å². The van der Waals surface area contributed by atoms with Crippen molar-refractivity contribution in [3.05, 3.63) is 138 Å². The maximum absolute atomic E-state index is 12.5. The predicted octanol–water partition coefficient (Wildman–Crippen LogP) is 9.83. The van der Waals surface area contributed by atoms with Crippen LogP contribution in [0.5, 0.6) is 11.5 Å². The fourth-order valence-electron chi connectivity index (χ4n) is 6.10. The van der Waals surface area contributed by atoms with Crippen LogP contribution in [0.3, 0.4) is 0 Å². The summed E-state index contributed by atoms with van der Waals surface area (Å²) in [5, 5.41) is 61.2. The van der Waals surface area contributed by atoms with Gasteiger partial charge in [0.15, 0.2) is 5.75 Å². The number of nitrogens with one attached hydrogen (secondary N) is 2. The number of azo groups is 3. The van der Waals surface area contributed by atoms with Gasteiger partial charge >= 0.3 is 0 Å². The summed E-state index contributed by atoms with van der Waals surface area (Å²) in [6, 6.07) is 29.1. The number of para-hydroxylation sites is 1. The zero-order valence-electron chi connectivity index (χ0n) is 34.1. The van der Waals surface area contributed by atoms with E-state index in [4.69, 9.17) is 5.73 Å². The maximum atomic E-state index is 12.5. The van der Waals surface area contributed by atoms with Gasteiger partial charge in [-0.1, -0.05) is 18.2 Å². The zero-order valence-corrected chi connectivity index (χ0v) is 39.6. The Balaban J connectivity index is 0.00000741. The van der Waals surface area contributed by atoms with Crippen LogP contribution in [-0.2, 0) is 30.4 Å². The van der Waals surface area contributed by atoms with E-state index in [1.54, 1.807) is 12.1 Å². The molecule has 7 aromatic carbocycles. The number of fused-ring (bicyclic) bond motifs is 1. The van der Waals surface area contributed by atoms with E-state index in [1.165, 1.54) is 42.5 Å². The van der Waals surface area contributed by atoms with Gasteiger partial charge in [0.05, 0.1) is 38.7 Å². The first kappa shape index (κ1) is 49.8. The molecule has 337 valence electrons. The Morgan fingerprint density at radius 1 is 0.537 bits per heavy atom. The first-order chi connectivity index (χ1) is 31.2. The summed E-state index contributed by atoms with van der Waals surface area (Å²) in [6.07, 6.45) is 0. The molecule has 0 atom stereocenters. The van der Waals surface area contributed by atoms with Crippen molar-refractivity contribution in [1.82, 2.24) is 0 Å². The molecule has 7 rings (SSSR count). The molecule has 0 unspecified atom stereocenters. The average molecular weight is 994 g/mol. The van der Waals surface area contributed by atoms with Crippen molar-refractivity contribution < 1.29 is 54.0 Å². The number of hydrogen-bond donors (Lipinski definition) is 8. The molecule has 0 saturated heterocycles. The molecule has 0 aliphatic carbocycles. The summed E-state index contributed by atoms with van der Waals surface area (Å²) in [5.74, 6) is -1.25. The van der Waals surface area contributed by atoms with E-state index in [1.807, 2.05) is 30.3 Å². The number of anilines is 5. The minimum Gasteiger partial charge on any atom is -0.506 e. The van der Waals surface area contributed by atoms with E-state index in [9.17, 15) is 59.2 Å². The van der Waals surface area contributed by atoms with E-state index in [0.29, 0.717) is 29.2 Å². The Morgan fingerprint density at radius 3 is 1.63 bits per heavy atom. The van der Waals surface area contributed by atoms with Gasteiger partial charge < -0.3 is 26.6 Å². The fraction of sp³-hybridized carbons (Fsp3) is 0. The Morgan fingerprint density at radius 2 is 1.04 bits per heavy atom. The molecule has 0 aliphatic heterocycles. The van der Waals surface area contributed by atoms with Crippen molar-refractivity contribution >= 4 is 161 Å². The number of hydrogen-bond acceptors (Lipinski definition) is 19. The monoisotopic (exact) mass is 993 g/mol. The maximum Gasteiger partial charge on any atom is 0.296 e. The van der Waals surface area contributed by atoms with Gasteiger partial charge in [-0.25, -0.2) is 0 Å². The molecule has 27 heteroatoms. The van der Waals surface area contributed by atoms with Crippen LogP contribution in [0.15, 0.2) is 173 Å². The van der Waals surface area contributed by atoms with E-state index in [0.717, 1.165) is 36.0 Å². The number of nitrogen functional groups attached to an aromatic ring is 1. The molecule has 1 radical (unpaired) electrons. The van der Waals surface area contributed by atoms with E-state index in [2.05, 4.69) is 41.3 Å². The largest absolute Gasteiger partial charge is 0.506 e. The third kappa shape index (κ3) is 11.9. The number of phenolic OH excluding ortho intramolecular Hbond substituents is 2. The number of non-ortho nitro benzene ring substituents is 1. The fourth-order valence-corrected chi connectivity index (χ4v) is 8.10. The van der Waals surface area contributed by atoms with Crippen LogP contribution in [0.25, 0.3) is 10.8 Å². The summed E-state index contributed by atoms with van der Waals surface area (Å²) in [6.45, 7) is 0. The third-order valence-corrected chi connectivity index (χ3v) is 11.8. The number of rotatable bonds is 14. The van der Waals surface area contributed by atoms with Crippen LogP contribution >= 0.6 is 0 Å². The molecule has 0 bridgehead atoms. The summed E-state index contributed by atoms with van der Waals surface area (Å²) >= 11 is 0. The van der Waals surface area contributed by atoms with E-state index >= 15 is 0 Å². The van der Waals surface area contributed by atoms with Crippen LogP contribution in [0, 0.1) is 10.1 Å². The summed E-state index contributed by atoms with van der Waals surface area (Å²) in [7, 11) is -15.5. The summed E-state index contributed by atoms with van der Waals surface area (Å²) in [5.41, 5.74) is 5.21. The van der Waals surface area contributed by atoms with Crippen molar-refractivity contribution in [3.8, 4) is 11.5 Å². The van der Waals surface area contributed by atoms with E-state index in [-0.39, 0.29) is 85.6 Å². The SMILES string of the molecule is Nc1c(N=Nc2ccc([N+](=O)[O-])cc2)c(S(=O)(=O)O)cc2cc(S(=O)(=O)O)c(N=Nc3ccc(Nc4ccc(N=Nc5ccc(Nc6ccccc6)cc5O)cc4)c(S(=O)(=O)O)c3)c(O)c12.[K]. The molecule has 0 fully saturated rings. The molecule has 0 saturated carbocycles. The van der Waals surface area contributed by atoms with Crippen LogP contribution in [0.1, 0.15) is 0 Å². The Kier molecular flexibility index (Phi) is 14.9. The topological polar surface area (TPSA) is 371 Å². The van der Waals surface area contributed by atoms with Gasteiger partial charge in [0.25, 0.3) is 36.0 Å². The van der Waals surface area contributed by atoms with Crippen LogP contribution in [-0.4, -0.2) is 105 Å². The van der Waals surface area contributed by atoms with Crippen molar-refractivity contribution in [2.45, 2.75) is 14.7 Å². The third-order valence-electron chi connectivity index (χ3n) is 9.16. The molecule has 0 heterocycles. The van der Waals surface area contributed by atoms with Gasteiger partial charge in [0, 0.05) is 86.6 Å². The number of benzene rings is 7. The van der Waals surface area contributed by atoms with Crippen LogP contribution < -0.4 is 16.4 Å². The number of nitro groups is 1. The minimum atomic E-state index is -5.31. The van der Waals surface area contributed by atoms with Gasteiger partial charge in [-0.15, -0.1) is 15.3 Å². The van der Waals surface area contributed by atoms with Gasteiger partial charge in [-0.3, -0.25) is 23.8 Å². The molecular weight excluding hydrogens is 964 g/mol. The van der Waals surface area contributed by atoms with Crippen molar-refractivity contribution in [3.63, 3.8) is 0 Å². The molecule has 23 nitrogen and oxygen atoms in total. The first-order valence-electron chi connectivity index (χ1n) is 18.4. The van der Waals surface area contributed by atoms with Crippen LogP contribution in [0.2, 0.25) is 0 Å². The summed E-state index contributed by atoms with van der Waals surface area (Å²) in [4.78, 5) is 7.44.